The summed E-state index contributed by atoms with van der Waals surface area (Å²) in [5.41, 5.74) is 1.98. The van der Waals surface area contributed by atoms with Gasteiger partial charge in [-0.25, -0.2) is 17.5 Å². The van der Waals surface area contributed by atoms with Crippen molar-refractivity contribution in [3.8, 4) is 11.5 Å². The number of sulfonamides is 1. The molecule has 0 aliphatic carbocycles. The van der Waals surface area contributed by atoms with E-state index in [1.54, 1.807) is 42.7 Å². The number of anilines is 2. The van der Waals surface area contributed by atoms with Gasteiger partial charge in [-0.05, 0) is 72.6 Å². The topological polar surface area (TPSA) is 107 Å². The van der Waals surface area contributed by atoms with Gasteiger partial charge >= 0.3 is 6.61 Å². The Kier molecular flexibility index (Phi) is 9.12. The maximum atomic E-state index is 13.5. The summed E-state index contributed by atoms with van der Waals surface area (Å²) >= 11 is 0. The quantitative estimate of drug-likeness (QED) is 0.227. The van der Waals surface area contributed by atoms with E-state index in [9.17, 15) is 26.4 Å². The Bertz CT molecular complexity index is 1670. The number of pyridine rings is 1. The van der Waals surface area contributed by atoms with Crippen LogP contribution in [0, 0.1) is 5.82 Å². The van der Waals surface area contributed by atoms with Crippen LogP contribution in [0.25, 0.3) is 0 Å². The number of rotatable bonds is 11. The molecule has 1 amide bonds. The van der Waals surface area contributed by atoms with Crippen LogP contribution in [0.1, 0.15) is 28.8 Å². The van der Waals surface area contributed by atoms with Crippen molar-refractivity contribution >= 4 is 27.3 Å². The third kappa shape index (κ3) is 7.62. The van der Waals surface area contributed by atoms with E-state index in [0.29, 0.717) is 30.9 Å². The van der Waals surface area contributed by atoms with Crippen molar-refractivity contribution in [2.45, 2.75) is 37.2 Å². The first kappa shape index (κ1) is 29.9. The predicted octanol–water partition coefficient (Wildman–Crippen LogP) is 5.79. The molecule has 0 bridgehead atoms. The summed E-state index contributed by atoms with van der Waals surface area (Å²) in [6.45, 7) is -2.28. The van der Waals surface area contributed by atoms with Gasteiger partial charge in [0.25, 0.3) is 15.9 Å². The first-order valence-corrected chi connectivity index (χ1v) is 14.6. The fourth-order valence-corrected chi connectivity index (χ4v) is 5.41. The fraction of sp³-hybridized carbons (Fsp3) is 0.200. The number of carbonyl (C=O) groups excluding carboxylic acids is 1. The minimum absolute atomic E-state index is 0.0353. The summed E-state index contributed by atoms with van der Waals surface area (Å²) in [5, 5.41) is 0. The first-order valence-electron chi connectivity index (χ1n) is 13.1. The minimum atomic E-state index is -4.31. The second-order valence-electron chi connectivity index (χ2n) is 9.46. The molecular weight excluding hydrogens is 587 g/mol. The van der Waals surface area contributed by atoms with Gasteiger partial charge in [-0.1, -0.05) is 12.1 Å². The molecule has 1 saturated heterocycles. The normalized spacial score (nSPS) is 14.8. The highest BCUT2D eigenvalue weighted by atomic mass is 32.2. The number of nitrogens with zero attached hydrogens (tertiary/aromatic N) is 2. The lowest BCUT2D eigenvalue weighted by atomic mass is 10.1. The summed E-state index contributed by atoms with van der Waals surface area (Å²) in [7, 11) is -4.31. The van der Waals surface area contributed by atoms with Gasteiger partial charge in [0, 0.05) is 48.4 Å². The molecule has 1 unspecified atom stereocenters. The van der Waals surface area contributed by atoms with Crippen molar-refractivity contribution < 1.29 is 40.6 Å². The molecule has 43 heavy (non-hydrogen) atoms. The van der Waals surface area contributed by atoms with Crippen molar-refractivity contribution in [3.63, 3.8) is 0 Å². The number of benzene rings is 3. The number of carbonyl (C=O) groups is 1. The smallest absolute Gasteiger partial charge is 0.387 e. The highest BCUT2D eigenvalue weighted by Gasteiger charge is 2.23. The average Bonchev–Trinajstić information content (AvgIpc) is 3.50. The van der Waals surface area contributed by atoms with Gasteiger partial charge in [-0.15, -0.1) is 0 Å². The lowest BCUT2D eigenvalue weighted by Crippen LogP contribution is -2.30. The molecule has 2 heterocycles. The Morgan fingerprint density at radius 2 is 1.81 bits per heavy atom. The number of hydrogen-bond acceptors (Lipinski definition) is 8. The molecule has 3 aromatic carbocycles. The number of hydrogen-bond donors (Lipinski definition) is 1. The molecule has 1 aromatic heterocycles. The Labute approximate surface area is 245 Å². The number of ether oxygens (including phenoxy) is 3. The van der Waals surface area contributed by atoms with Crippen molar-refractivity contribution in [2.24, 2.45) is 0 Å². The molecular formula is C30H26F3N3O6S. The van der Waals surface area contributed by atoms with Crippen LogP contribution < -0.4 is 19.1 Å². The van der Waals surface area contributed by atoms with Gasteiger partial charge in [-0.2, -0.15) is 8.78 Å². The van der Waals surface area contributed by atoms with Crippen molar-refractivity contribution in [1.82, 2.24) is 9.71 Å². The number of nitrogens with one attached hydrogen (secondary N) is 1. The Morgan fingerprint density at radius 1 is 1.02 bits per heavy atom. The molecule has 0 saturated carbocycles. The second-order valence-corrected chi connectivity index (χ2v) is 11.1. The Balaban J connectivity index is 1.44. The second kappa shape index (κ2) is 13.1. The van der Waals surface area contributed by atoms with Crippen LogP contribution in [0.3, 0.4) is 0 Å². The summed E-state index contributed by atoms with van der Waals surface area (Å²) < 4.78 is 83.0. The predicted molar refractivity (Wildman–Crippen MR) is 150 cm³/mol. The first-order chi connectivity index (χ1) is 20.7. The zero-order valence-corrected chi connectivity index (χ0v) is 23.3. The average molecular weight is 614 g/mol. The van der Waals surface area contributed by atoms with E-state index in [0.717, 1.165) is 24.1 Å². The maximum Gasteiger partial charge on any atom is 0.387 e. The van der Waals surface area contributed by atoms with E-state index in [1.807, 2.05) is 15.7 Å². The van der Waals surface area contributed by atoms with Crippen molar-refractivity contribution in [2.75, 3.05) is 11.5 Å². The molecule has 13 heteroatoms. The molecule has 1 N–H and O–H groups in total. The molecule has 1 aliphatic rings. The largest absolute Gasteiger partial charge is 0.461 e. The molecule has 1 fully saturated rings. The van der Waals surface area contributed by atoms with Gasteiger partial charge in [0.2, 0.25) is 0 Å². The summed E-state index contributed by atoms with van der Waals surface area (Å²) in [5.74, 6) is -1.75. The van der Waals surface area contributed by atoms with Crippen molar-refractivity contribution in [3.05, 3.63) is 108 Å². The Hall–Kier alpha value is -4.62. The van der Waals surface area contributed by atoms with E-state index in [-0.39, 0.29) is 22.0 Å². The molecule has 0 radical (unpaired) electrons. The third-order valence-electron chi connectivity index (χ3n) is 6.44. The monoisotopic (exact) mass is 613 g/mol. The highest BCUT2D eigenvalue weighted by Crippen LogP contribution is 2.38. The maximum absolute atomic E-state index is 13.5. The van der Waals surface area contributed by atoms with Crippen LogP contribution in [-0.2, 0) is 21.3 Å². The fourth-order valence-electron chi connectivity index (χ4n) is 4.41. The van der Waals surface area contributed by atoms with E-state index < -0.39 is 34.6 Å². The van der Waals surface area contributed by atoms with Crippen LogP contribution in [0.15, 0.2) is 96.2 Å². The van der Waals surface area contributed by atoms with Crippen LogP contribution in [0.2, 0.25) is 0 Å². The summed E-state index contributed by atoms with van der Waals surface area (Å²) in [4.78, 5) is 18.4. The van der Waals surface area contributed by atoms with Gasteiger partial charge < -0.3 is 19.1 Å². The summed E-state index contributed by atoms with van der Waals surface area (Å²) in [6, 6.07) is 18.5. The molecule has 0 spiro atoms. The molecule has 9 nitrogen and oxygen atoms in total. The minimum Gasteiger partial charge on any atom is -0.461 e. The zero-order chi connectivity index (χ0) is 30.4. The van der Waals surface area contributed by atoms with E-state index in [1.165, 1.54) is 30.3 Å². The Morgan fingerprint density at radius 3 is 2.49 bits per heavy atom. The summed E-state index contributed by atoms with van der Waals surface area (Å²) in [6.07, 6.45) is 4.05. The van der Waals surface area contributed by atoms with Gasteiger partial charge in [0.05, 0.1) is 11.5 Å². The van der Waals surface area contributed by atoms with Crippen molar-refractivity contribution in [1.29, 1.82) is 0 Å². The van der Waals surface area contributed by atoms with Gasteiger partial charge in [0.15, 0.2) is 17.8 Å². The molecule has 1 aliphatic heterocycles. The highest BCUT2D eigenvalue weighted by molar-refractivity contribution is 7.90. The van der Waals surface area contributed by atoms with Gasteiger partial charge in [0.1, 0.15) is 5.82 Å². The molecule has 5 rings (SSSR count). The van der Waals surface area contributed by atoms with Crippen LogP contribution in [-0.4, -0.2) is 38.8 Å². The third-order valence-corrected chi connectivity index (χ3v) is 7.77. The lowest BCUT2D eigenvalue weighted by molar-refractivity contribution is -0.0632. The zero-order valence-electron chi connectivity index (χ0n) is 22.5. The van der Waals surface area contributed by atoms with E-state index >= 15 is 0 Å². The van der Waals surface area contributed by atoms with Crippen LogP contribution in [0.4, 0.5) is 24.5 Å². The SMILES string of the molecule is O=C(NS(=O)(=O)c1cccc(F)c1)c1ccc(N(Cc2cccnc2)c2ccc(OC(F)F)c(OC3CCCO3)c2)cc1. The molecule has 1 atom stereocenters. The standard InChI is InChI=1S/C30H26F3N3O6S/c31-22-5-1-6-25(16-22)43(38,39)35-29(37)21-8-10-23(11-9-21)36(19-20-4-2-14-34-18-20)24-12-13-26(42-30(32)33)27(17-24)41-28-7-3-15-40-28/h1-2,4-6,8-14,16-18,28,30H,3,7,15,19H2,(H,35,37). The van der Waals surface area contributed by atoms with E-state index in [2.05, 4.69) is 9.72 Å². The number of aromatic nitrogens is 1. The molecule has 4 aromatic rings. The van der Waals surface area contributed by atoms with Crippen LogP contribution >= 0.6 is 0 Å². The lowest BCUT2D eigenvalue weighted by Gasteiger charge is -2.27. The number of amides is 1. The van der Waals surface area contributed by atoms with Crippen LogP contribution in [0.5, 0.6) is 11.5 Å². The molecule has 224 valence electrons. The van der Waals surface area contributed by atoms with Gasteiger partial charge in [-0.3, -0.25) is 9.78 Å². The van der Waals surface area contributed by atoms with E-state index in [4.69, 9.17) is 9.47 Å². The number of halogens is 3. The number of alkyl halides is 2.